The van der Waals surface area contributed by atoms with Gasteiger partial charge in [0, 0.05) is 6.07 Å². The summed E-state index contributed by atoms with van der Waals surface area (Å²) < 4.78 is 46.3. The molecule has 1 aromatic heterocycles. The maximum atomic E-state index is 13.8. The van der Waals surface area contributed by atoms with Crippen LogP contribution in [0.15, 0.2) is 42.6 Å². The average Bonchev–Trinajstić information content (AvgIpc) is 2.81. The van der Waals surface area contributed by atoms with Crippen molar-refractivity contribution in [2.45, 2.75) is 0 Å². The minimum absolute atomic E-state index is 0.0197. The van der Waals surface area contributed by atoms with Crippen molar-refractivity contribution >= 4 is 27.9 Å². The van der Waals surface area contributed by atoms with Crippen LogP contribution in [-0.2, 0) is 21.6 Å². The van der Waals surface area contributed by atoms with Crippen LogP contribution in [0.2, 0.25) is 0 Å². The Morgan fingerprint density at radius 1 is 1.12 bits per heavy atom. The first-order chi connectivity index (χ1) is 11.7. The number of hydrogen-bond donors (Lipinski definition) is 0. The summed E-state index contributed by atoms with van der Waals surface area (Å²) in [5, 5.41) is 0. The van der Waals surface area contributed by atoms with E-state index in [1.54, 1.807) is 36.0 Å². The van der Waals surface area contributed by atoms with Crippen LogP contribution in [0.25, 0.3) is 0 Å². The normalized spacial score (nSPS) is 13.4. The van der Waals surface area contributed by atoms with Crippen LogP contribution < -0.4 is 9.47 Å². The van der Waals surface area contributed by atoms with Gasteiger partial charge in [0.25, 0.3) is 11.6 Å². The van der Waals surface area contributed by atoms with Gasteiger partial charge in [-0.05, 0) is 18.2 Å². The summed E-state index contributed by atoms with van der Waals surface area (Å²) >= 11 is 0. The largest absolute Gasteiger partial charge is 0.726 e. The van der Waals surface area contributed by atoms with E-state index in [1.165, 1.54) is 18.2 Å². The Bertz CT molecular complexity index is 945. The molecule has 2 amide bonds. The first-order valence-electron chi connectivity index (χ1n) is 6.80. The number of imide groups is 1. The predicted molar refractivity (Wildman–Crippen MR) is 81.9 cm³/mol. The Morgan fingerprint density at radius 2 is 1.72 bits per heavy atom. The Kier molecular flexibility index (Phi) is 5.26. The summed E-state index contributed by atoms with van der Waals surface area (Å²) in [6, 6.07) is 8.97. The molecule has 0 fully saturated rings. The molecule has 2 heterocycles. The number of fused-ring (bicyclic) bond motifs is 1. The van der Waals surface area contributed by atoms with Gasteiger partial charge in [0.2, 0.25) is 10.4 Å². The van der Waals surface area contributed by atoms with Crippen LogP contribution in [0.4, 0.5) is 10.1 Å². The molecule has 0 aliphatic carbocycles. The van der Waals surface area contributed by atoms with E-state index in [0.29, 0.717) is 5.56 Å². The highest BCUT2D eigenvalue weighted by Crippen LogP contribution is 2.28. The van der Waals surface area contributed by atoms with Crippen LogP contribution in [0.1, 0.15) is 20.8 Å². The lowest BCUT2D eigenvalue weighted by Crippen LogP contribution is -2.38. The Labute approximate surface area is 143 Å². The molecule has 10 heteroatoms. The van der Waals surface area contributed by atoms with E-state index in [2.05, 4.69) is 4.18 Å². The second kappa shape index (κ2) is 7.05. The third kappa shape index (κ3) is 3.87. The Hall–Kier alpha value is -2.69. The van der Waals surface area contributed by atoms with Crippen molar-refractivity contribution in [1.29, 1.82) is 0 Å². The Balaban J connectivity index is 0.000000326. The highest BCUT2D eigenvalue weighted by Gasteiger charge is 2.44. The van der Waals surface area contributed by atoms with Gasteiger partial charge in [-0.3, -0.25) is 13.8 Å². The quantitative estimate of drug-likeness (QED) is 0.331. The SMILES string of the molecule is COS(=O)(=O)[O-].C[n+]1cccc2c1C(=O)N(c1ccccc1F)C2=O. The van der Waals surface area contributed by atoms with E-state index < -0.39 is 28.0 Å². The van der Waals surface area contributed by atoms with Gasteiger partial charge in [-0.25, -0.2) is 17.7 Å². The molecule has 1 aliphatic rings. The van der Waals surface area contributed by atoms with E-state index >= 15 is 0 Å². The number of pyridine rings is 1. The van der Waals surface area contributed by atoms with Gasteiger partial charge >= 0.3 is 5.91 Å². The fourth-order valence-electron chi connectivity index (χ4n) is 2.22. The lowest BCUT2D eigenvalue weighted by Gasteiger charge is -2.13. The number of benzene rings is 1. The fourth-order valence-corrected chi connectivity index (χ4v) is 2.22. The molecule has 25 heavy (non-hydrogen) atoms. The molecular formula is C15H13FN2O6S. The minimum Gasteiger partial charge on any atom is -0.726 e. The molecule has 0 bridgehead atoms. The van der Waals surface area contributed by atoms with Gasteiger partial charge in [-0.15, -0.1) is 0 Å². The highest BCUT2D eigenvalue weighted by atomic mass is 32.3. The molecule has 0 saturated heterocycles. The fraction of sp³-hybridized carbons (Fsp3) is 0.133. The van der Waals surface area contributed by atoms with Crippen molar-refractivity contribution in [1.82, 2.24) is 0 Å². The lowest BCUT2D eigenvalue weighted by molar-refractivity contribution is -0.673. The van der Waals surface area contributed by atoms with E-state index in [9.17, 15) is 27.0 Å². The summed E-state index contributed by atoms with van der Waals surface area (Å²) in [6.45, 7) is 0. The molecule has 3 rings (SSSR count). The minimum atomic E-state index is -4.41. The first kappa shape index (κ1) is 18.6. The van der Waals surface area contributed by atoms with Crippen molar-refractivity contribution in [2.24, 2.45) is 7.05 Å². The molecule has 0 spiro atoms. The smallest absolute Gasteiger partial charge is 0.331 e. The van der Waals surface area contributed by atoms with Crippen LogP contribution in [-0.4, -0.2) is 31.9 Å². The second-order valence-corrected chi connectivity index (χ2v) is 6.00. The molecule has 0 radical (unpaired) electrons. The average molecular weight is 368 g/mol. The second-order valence-electron chi connectivity index (χ2n) is 4.85. The van der Waals surface area contributed by atoms with E-state index in [-0.39, 0.29) is 11.4 Å². The van der Waals surface area contributed by atoms with Crippen LogP contribution in [0.3, 0.4) is 0 Å². The topological polar surface area (TPSA) is 108 Å². The maximum absolute atomic E-state index is 13.8. The third-order valence-electron chi connectivity index (χ3n) is 3.32. The molecule has 2 aromatic rings. The third-order valence-corrected chi connectivity index (χ3v) is 3.73. The summed E-state index contributed by atoms with van der Waals surface area (Å²) in [5.74, 6) is -1.60. The number of nitrogens with zero attached hydrogens (tertiary/aromatic N) is 2. The van der Waals surface area contributed by atoms with Gasteiger partial charge in [-0.2, -0.15) is 4.57 Å². The number of halogens is 1. The van der Waals surface area contributed by atoms with Gasteiger partial charge in [-0.1, -0.05) is 12.1 Å². The van der Waals surface area contributed by atoms with Crippen molar-refractivity contribution in [3.05, 3.63) is 59.7 Å². The molecule has 0 N–H and O–H groups in total. The number of aryl methyl sites for hydroxylation is 1. The molecule has 132 valence electrons. The molecule has 1 aliphatic heterocycles. The molecule has 1 aromatic carbocycles. The molecule has 0 saturated carbocycles. The number of hydrogen-bond acceptors (Lipinski definition) is 6. The van der Waals surface area contributed by atoms with Crippen LogP contribution in [0.5, 0.6) is 0 Å². The van der Waals surface area contributed by atoms with Gasteiger partial charge in [0.05, 0.1) is 12.8 Å². The predicted octanol–water partition coefficient (Wildman–Crippen LogP) is 0.544. The molecule has 0 atom stereocenters. The lowest BCUT2D eigenvalue weighted by atomic mass is 10.2. The van der Waals surface area contributed by atoms with Crippen molar-refractivity contribution in [2.75, 3.05) is 12.0 Å². The number of para-hydroxylation sites is 1. The number of aromatic nitrogens is 1. The number of carbonyl (C=O) groups is 2. The van der Waals surface area contributed by atoms with E-state index in [1.807, 2.05) is 0 Å². The highest BCUT2D eigenvalue weighted by molar-refractivity contribution is 7.80. The first-order valence-corrected chi connectivity index (χ1v) is 8.14. The number of anilines is 1. The van der Waals surface area contributed by atoms with Crippen molar-refractivity contribution < 1.29 is 35.7 Å². The number of amides is 2. The zero-order valence-corrected chi connectivity index (χ0v) is 14.0. The monoisotopic (exact) mass is 368 g/mol. The van der Waals surface area contributed by atoms with Crippen molar-refractivity contribution in [3.63, 3.8) is 0 Å². The number of rotatable bonds is 2. The summed E-state index contributed by atoms with van der Waals surface area (Å²) in [7, 11) is -1.93. The summed E-state index contributed by atoms with van der Waals surface area (Å²) in [4.78, 5) is 25.4. The zero-order chi connectivity index (χ0) is 18.8. The molecule has 8 nitrogen and oxygen atoms in total. The Morgan fingerprint density at radius 3 is 2.24 bits per heavy atom. The maximum Gasteiger partial charge on any atom is 0.331 e. The number of carbonyl (C=O) groups excluding carboxylic acids is 2. The van der Waals surface area contributed by atoms with Crippen LogP contribution >= 0.6 is 0 Å². The standard InChI is InChI=1S/C14H10FN2O2.CH4O4S/c1-16-8-4-5-9-12(16)14(19)17(13(9)18)11-7-3-2-6-10(11)15;1-5-6(2,3)4/h2-8H,1H3;1H3,(H,2,3,4)/q+1;/p-1. The van der Waals surface area contributed by atoms with Gasteiger partial charge < -0.3 is 4.55 Å². The van der Waals surface area contributed by atoms with Crippen LogP contribution in [0, 0.1) is 5.82 Å². The van der Waals surface area contributed by atoms with Crippen molar-refractivity contribution in [3.8, 4) is 0 Å². The van der Waals surface area contributed by atoms with E-state index in [0.717, 1.165) is 12.0 Å². The molecular weight excluding hydrogens is 355 g/mol. The summed E-state index contributed by atoms with van der Waals surface area (Å²) in [5.41, 5.74) is 0.544. The van der Waals surface area contributed by atoms with Gasteiger partial charge in [0.1, 0.15) is 18.4 Å². The zero-order valence-electron chi connectivity index (χ0n) is 13.2. The van der Waals surface area contributed by atoms with Gasteiger partial charge in [0.15, 0.2) is 6.20 Å². The molecule has 0 unspecified atom stereocenters. The summed E-state index contributed by atoms with van der Waals surface area (Å²) in [6.07, 6.45) is 1.68. The van der Waals surface area contributed by atoms with E-state index in [4.69, 9.17) is 0 Å².